The summed E-state index contributed by atoms with van der Waals surface area (Å²) in [5.74, 6) is 0. The van der Waals surface area contributed by atoms with Crippen molar-refractivity contribution in [1.82, 2.24) is 4.98 Å². The monoisotopic (exact) mass is 271 g/mol. The number of hydrogen-bond donors (Lipinski definition) is 1. The second-order valence-corrected chi connectivity index (χ2v) is 9.15. The highest BCUT2D eigenvalue weighted by atomic mass is 28.4. The molecule has 1 N–H and O–H groups in total. The lowest BCUT2D eigenvalue weighted by atomic mass is 9.96. The van der Waals surface area contributed by atoms with Gasteiger partial charge in [0.05, 0.1) is 0 Å². The molecule has 2 saturated carbocycles. The first-order valence-electron chi connectivity index (χ1n) is 7.69. The van der Waals surface area contributed by atoms with E-state index in [1.807, 2.05) is 14.2 Å². The van der Waals surface area contributed by atoms with E-state index in [1.165, 1.54) is 64.2 Å². The van der Waals surface area contributed by atoms with Gasteiger partial charge in [-0.3, -0.25) is 4.98 Å². The summed E-state index contributed by atoms with van der Waals surface area (Å²) in [5, 5.41) is 0. The third-order valence-electron chi connectivity index (χ3n) is 4.76. The molecule has 0 saturated heterocycles. The zero-order valence-electron chi connectivity index (χ0n) is 12.0. The minimum atomic E-state index is -2.18. The van der Waals surface area contributed by atoms with Gasteiger partial charge in [0, 0.05) is 25.8 Å². The van der Waals surface area contributed by atoms with Gasteiger partial charge in [-0.15, -0.1) is 0 Å². The lowest BCUT2D eigenvalue weighted by Crippen LogP contribution is -2.62. The molecule has 0 amide bonds. The van der Waals surface area contributed by atoms with Crippen molar-refractivity contribution in [2.45, 2.75) is 75.8 Å². The van der Waals surface area contributed by atoms with Crippen molar-refractivity contribution < 1.29 is 8.85 Å². The van der Waals surface area contributed by atoms with Crippen molar-refractivity contribution in [3.05, 3.63) is 0 Å². The molecule has 0 aliphatic heterocycles. The summed E-state index contributed by atoms with van der Waals surface area (Å²) in [7, 11) is 1.51. The zero-order chi connectivity index (χ0) is 12.8. The molecule has 0 aromatic carbocycles. The standard InChI is InChI=1S/C14H29NO2Si/c1-16-18(17-2,14-11-7-4-8-12-14)15-13-9-5-3-6-10-13/h13-15H,3-12H2,1-2H3. The van der Waals surface area contributed by atoms with Crippen LogP contribution >= 0.6 is 0 Å². The molecule has 0 spiro atoms. The second kappa shape index (κ2) is 7.03. The Labute approximate surface area is 113 Å². The largest absolute Gasteiger partial charge is 0.427 e. The van der Waals surface area contributed by atoms with Crippen molar-refractivity contribution in [2.24, 2.45) is 0 Å². The van der Waals surface area contributed by atoms with Gasteiger partial charge in [0.1, 0.15) is 0 Å². The van der Waals surface area contributed by atoms with Crippen LogP contribution in [0.2, 0.25) is 5.54 Å². The van der Waals surface area contributed by atoms with Crippen LogP contribution in [0.3, 0.4) is 0 Å². The molecule has 2 aliphatic carbocycles. The van der Waals surface area contributed by atoms with Crippen LogP contribution in [-0.2, 0) is 8.85 Å². The molecule has 2 rings (SSSR count). The zero-order valence-corrected chi connectivity index (χ0v) is 13.0. The number of hydrogen-bond acceptors (Lipinski definition) is 3. The second-order valence-electron chi connectivity index (χ2n) is 5.89. The molecule has 0 aromatic rings. The Morgan fingerprint density at radius 1 is 0.778 bits per heavy atom. The van der Waals surface area contributed by atoms with Crippen molar-refractivity contribution in [2.75, 3.05) is 14.2 Å². The molecular formula is C14H29NO2Si. The van der Waals surface area contributed by atoms with Crippen molar-refractivity contribution in [3.63, 3.8) is 0 Å². The molecule has 2 aliphatic rings. The predicted octanol–water partition coefficient (Wildman–Crippen LogP) is 3.47. The SMILES string of the molecule is CO[Si](NC1CCCCC1)(OC)C1CCCCC1. The third kappa shape index (κ3) is 3.35. The van der Waals surface area contributed by atoms with Crippen LogP contribution < -0.4 is 4.98 Å². The first-order chi connectivity index (χ1) is 8.80. The van der Waals surface area contributed by atoms with E-state index < -0.39 is 8.72 Å². The van der Waals surface area contributed by atoms with Gasteiger partial charge in [-0.05, 0) is 25.7 Å². The van der Waals surface area contributed by atoms with Gasteiger partial charge in [-0.1, -0.05) is 38.5 Å². The van der Waals surface area contributed by atoms with Gasteiger partial charge in [0.25, 0.3) is 0 Å². The summed E-state index contributed by atoms with van der Waals surface area (Å²) in [5.41, 5.74) is 0.642. The van der Waals surface area contributed by atoms with Crippen LogP contribution in [0.15, 0.2) is 0 Å². The summed E-state index contributed by atoms with van der Waals surface area (Å²) in [6, 6.07) is 0.632. The van der Waals surface area contributed by atoms with Gasteiger partial charge < -0.3 is 8.85 Å². The highest BCUT2D eigenvalue weighted by Gasteiger charge is 2.47. The number of nitrogens with one attached hydrogen (secondary N) is 1. The topological polar surface area (TPSA) is 30.5 Å². The van der Waals surface area contributed by atoms with Gasteiger partial charge in [-0.25, -0.2) is 0 Å². The maximum absolute atomic E-state index is 5.93. The van der Waals surface area contributed by atoms with Gasteiger partial charge >= 0.3 is 8.72 Å². The fourth-order valence-electron chi connectivity index (χ4n) is 3.67. The van der Waals surface area contributed by atoms with Gasteiger partial charge in [0.2, 0.25) is 0 Å². The van der Waals surface area contributed by atoms with E-state index in [4.69, 9.17) is 8.85 Å². The quantitative estimate of drug-likeness (QED) is 0.777. The first kappa shape index (κ1) is 14.5. The first-order valence-corrected chi connectivity index (χ1v) is 9.58. The van der Waals surface area contributed by atoms with Crippen molar-refractivity contribution >= 4 is 8.72 Å². The minimum absolute atomic E-state index is 0.632. The molecule has 18 heavy (non-hydrogen) atoms. The summed E-state index contributed by atoms with van der Waals surface area (Å²) in [6.45, 7) is 0. The predicted molar refractivity (Wildman–Crippen MR) is 76.6 cm³/mol. The molecule has 0 radical (unpaired) electrons. The van der Waals surface area contributed by atoms with E-state index in [0.29, 0.717) is 11.6 Å². The normalized spacial score (nSPS) is 24.3. The molecule has 4 heteroatoms. The van der Waals surface area contributed by atoms with Crippen LogP contribution in [0.25, 0.3) is 0 Å². The summed E-state index contributed by atoms with van der Waals surface area (Å²) < 4.78 is 11.9. The fraction of sp³-hybridized carbons (Fsp3) is 1.00. The Bertz CT molecular complexity index is 234. The van der Waals surface area contributed by atoms with Crippen LogP contribution in [-0.4, -0.2) is 29.0 Å². The Morgan fingerprint density at radius 3 is 1.78 bits per heavy atom. The smallest absolute Gasteiger partial charge is 0.386 e. The molecule has 0 unspecified atom stereocenters. The van der Waals surface area contributed by atoms with Gasteiger partial charge in [0.15, 0.2) is 0 Å². The Hall–Kier alpha value is 0.0969. The highest BCUT2D eigenvalue weighted by molar-refractivity contribution is 6.66. The van der Waals surface area contributed by atoms with Crippen LogP contribution in [0, 0.1) is 0 Å². The molecule has 106 valence electrons. The van der Waals surface area contributed by atoms with E-state index in [-0.39, 0.29) is 0 Å². The number of rotatable bonds is 5. The Balaban J connectivity index is 1.99. The molecule has 3 nitrogen and oxygen atoms in total. The van der Waals surface area contributed by atoms with Crippen molar-refractivity contribution in [3.8, 4) is 0 Å². The maximum atomic E-state index is 5.93. The molecular weight excluding hydrogens is 242 g/mol. The third-order valence-corrected chi connectivity index (χ3v) is 8.44. The maximum Gasteiger partial charge on any atom is 0.427 e. The van der Waals surface area contributed by atoms with E-state index >= 15 is 0 Å². The van der Waals surface area contributed by atoms with Gasteiger partial charge in [-0.2, -0.15) is 0 Å². The molecule has 0 bridgehead atoms. The van der Waals surface area contributed by atoms with E-state index in [1.54, 1.807) is 0 Å². The molecule has 0 aromatic heterocycles. The van der Waals surface area contributed by atoms with Crippen LogP contribution in [0.5, 0.6) is 0 Å². The van der Waals surface area contributed by atoms with E-state index in [9.17, 15) is 0 Å². The molecule has 0 heterocycles. The summed E-state index contributed by atoms with van der Waals surface area (Å²) >= 11 is 0. The van der Waals surface area contributed by atoms with E-state index in [2.05, 4.69) is 4.98 Å². The lowest BCUT2D eigenvalue weighted by molar-refractivity contribution is 0.191. The minimum Gasteiger partial charge on any atom is -0.386 e. The average molecular weight is 271 g/mol. The highest BCUT2D eigenvalue weighted by Crippen LogP contribution is 2.37. The van der Waals surface area contributed by atoms with E-state index in [0.717, 1.165) is 0 Å². The average Bonchev–Trinajstić information content (AvgIpc) is 2.47. The van der Waals surface area contributed by atoms with Crippen molar-refractivity contribution in [1.29, 1.82) is 0 Å². The Kier molecular flexibility index (Phi) is 5.67. The van der Waals surface area contributed by atoms with Crippen LogP contribution in [0.1, 0.15) is 64.2 Å². The fourth-order valence-corrected chi connectivity index (χ4v) is 7.00. The summed E-state index contributed by atoms with van der Waals surface area (Å²) in [4.78, 5) is 3.83. The molecule has 0 atom stereocenters. The Morgan fingerprint density at radius 2 is 1.28 bits per heavy atom. The summed E-state index contributed by atoms with van der Waals surface area (Å²) in [6.07, 6.45) is 13.4. The van der Waals surface area contributed by atoms with Crippen LogP contribution in [0.4, 0.5) is 0 Å². The lowest BCUT2D eigenvalue weighted by Gasteiger charge is -2.40. The molecule has 2 fully saturated rings.